The van der Waals surface area contributed by atoms with Gasteiger partial charge in [0.2, 0.25) is 5.95 Å². The maximum atomic E-state index is 4.59. The molecule has 0 spiro atoms. The molecule has 128 valence electrons. The van der Waals surface area contributed by atoms with E-state index in [-0.39, 0.29) is 6.04 Å². The summed E-state index contributed by atoms with van der Waals surface area (Å²) in [6, 6.07) is 18.4. The summed E-state index contributed by atoms with van der Waals surface area (Å²) in [6.45, 7) is 4.95. The maximum Gasteiger partial charge on any atom is 0.225 e. The Morgan fingerprint density at radius 1 is 0.920 bits per heavy atom. The third-order valence-corrected chi connectivity index (χ3v) is 3.63. The van der Waals surface area contributed by atoms with E-state index < -0.39 is 0 Å². The largest absolute Gasteiger partial charge is 0.370 e. The predicted molar refractivity (Wildman–Crippen MR) is 103 cm³/mol. The Bertz CT molecular complexity index is 788. The lowest BCUT2D eigenvalue weighted by Gasteiger charge is -2.13. The molecule has 0 atom stereocenters. The van der Waals surface area contributed by atoms with Crippen LogP contribution in [0.5, 0.6) is 0 Å². The summed E-state index contributed by atoms with van der Waals surface area (Å²) < 4.78 is 0. The monoisotopic (exact) mass is 333 g/mol. The summed E-state index contributed by atoms with van der Waals surface area (Å²) in [5.41, 5.74) is 2.94. The molecule has 25 heavy (non-hydrogen) atoms. The molecular formula is C20H23N5. The van der Waals surface area contributed by atoms with Crippen molar-refractivity contribution in [1.29, 1.82) is 0 Å². The van der Waals surface area contributed by atoms with Crippen molar-refractivity contribution in [3.8, 4) is 11.4 Å². The van der Waals surface area contributed by atoms with E-state index in [1.165, 1.54) is 5.56 Å². The smallest absolute Gasteiger partial charge is 0.225 e. The Morgan fingerprint density at radius 2 is 1.72 bits per heavy atom. The second-order valence-corrected chi connectivity index (χ2v) is 6.14. The lowest BCUT2D eigenvalue weighted by atomic mass is 10.1. The van der Waals surface area contributed by atoms with Gasteiger partial charge >= 0.3 is 0 Å². The molecule has 0 saturated carbocycles. The van der Waals surface area contributed by atoms with E-state index in [0.717, 1.165) is 30.2 Å². The van der Waals surface area contributed by atoms with Crippen LogP contribution in [-0.2, 0) is 6.42 Å². The van der Waals surface area contributed by atoms with E-state index >= 15 is 0 Å². The Hall–Kier alpha value is -2.95. The average Bonchev–Trinajstić information content (AvgIpc) is 2.63. The summed E-state index contributed by atoms with van der Waals surface area (Å²) >= 11 is 0. The lowest BCUT2D eigenvalue weighted by molar-refractivity contribution is 0.873. The third-order valence-electron chi connectivity index (χ3n) is 3.63. The minimum atomic E-state index is 0.260. The Labute approximate surface area is 148 Å². The SMILES string of the molecule is CC(C)Nc1nc(NCCc2ccccc2)cc(-c2ccccn2)n1. The van der Waals surface area contributed by atoms with E-state index in [1.54, 1.807) is 6.20 Å². The summed E-state index contributed by atoms with van der Waals surface area (Å²) in [5, 5.41) is 6.67. The molecule has 0 aliphatic heterocycles. The molecule has 2 heterocycles. The zero-order valence-corrected chi connectivity index (χ0v) is 14.6. The summed E-state index contributed by atoms with van der Waals surface area (Å²) in [5.74, 6) is 1.41. The van der Waals surface area contributed by atoms with Gasteiger partial charge in [0.25, 0.3) is 0 Å². The number of rotatable bonds is 7. The van der Waals surface area contributed by atoms with Crippen LogP contribution in [-0.4, -0.2) is 27.5 Å². The van der Waals surface area contributed by atoms with Crippen molar-refractivity contribution in [2.24, 2.45) is 0 Å². The number of pyridine rings is 1. The molecular weight excluding hydrogens is 310 g/mol. The highest BCUT2D eigenvalue weighted by molar-refractivity contribution is 5.61. The number of anilines is 2. The molecule has 3 rings (SSSR count). The molecule has 0 aliphatic carbocycles. The van der Waals surface area contributed by atoms with Crippen molar-refractivity contribution in [3.63, 3.8) is 0 Å². The maximum absolute atomic E-state index is 4.59. The Balaban J connectivity index is 1.77. The van der Waals surface area contributed by atoms with Gasteiger partial charge in [0, 0.05) is 24.8 Å². The normalized spacial score (nSPS) is 10.7. The third kappa shape index (κ3) is 5.01. The summed E-state index contributed by atoms with van der Waals surface area (Å²) in [7, 11) is 0. The molecule has 5 heteroatoms. The van der Waals surface area contributed by atoms with Gasteiger partial charge in [-0.15, -0.1) is 0 Å². The van der Waals surface area contributed by atoms with Crippen molar-refractivity contribution in [1.82, 2.24) is 15.0 Å². The fourth-order valence-corrected chi connectivity index (χ4v) is 2.49. The first-order valence-electron chi connectivity index (χ1n) is 8.55. The molecule has 0 unspecified atom stereocenters. The van der Waals surface area contributed by atoms with Gasteiger partial charge in [0.1, 0.15) is 5.82 Å². The van der Waals surface area contributed by atoms with Gasteiger partial charge in [-0.3, -0.25) is 4.98 Å². The summed E-state index contributed by atoms with van der Waals surface area (Å²) in [4.78, 5) is 13.5. The molecule has 0 fully saturated rings. The number of benzene rings is 1. The number of nitrogens with zero attached hydrogens (tertiary/aromatic N) is 3. The first kappa shape index (κ1) is 16.9. The fourth-order valence-electron chi connectivity index (χ4n) is 2.49. The molecule has 0 bridgehead atoms. The van der Waals surface area contributed by atoms with Gasteiger partial charge in [0.05, 0.1) is 11.4 Å². The van der Waals surface area contributed by atoms with Crippen LogP contribution in [0.4, 0.5) is 11.8 Å². The Kier molecular flexibility index (Phi) is 5.57. The zero-order chi connectivity index (χ0) is 17.5. The van der Waals surface area contributed by atoms with Crippen molar-refractivity contribution >= 4 is 11.8 Å². The van der Waals surface area contributed by atoms with Crippen LogP contribution in [0.3, 0.4) is 0 Å². The van der Waals surface area contributed by atoms with Gasteiger partial charge in [-0.2, -0.15) is 4.98 Å². The number of nitrogens with one attached hydrogen (secondary N) is 2. The molecule has 3 aromatic rings. The molecule has 2 N–H and O–H groups in total. The van der Waals surface area contributed by atoms with E-state index in [1.807, 2.05) is 30.3 Å². The van der Waals surface area contributed by atoms with Crippen LogP contribution in [0, 0.1) is 0 Å². The molecule has 5 nitrogen and oxygen atoms in total. The van der Waals surface area contributed by atoms with Crippen molar-refractivity contribution < 1.29 is 0 Å². The molecule has 0 amide bonds. The molecule has 0 radical (unpaired) electrons. The first-order chi connectivity index (χ1) is 12.2. The standard InChI is InChI=1S/C20H23N5/c1-15(2)23-20-24-18(17-10-6-7-12-21-17)14-19(25-20)22-13-11-16-8-4-3-5-9-16/h3-10,12,14-15H,11,13H2,1-2H3,(H2,22,23,24,25). The lowest BCUT2D eigenvalue weighted by Crippen LogP contribution is -2.14. The quantitative estimate of drug-likeness (QED) is 0.684. The molecule has 1 aromatic carbocycles. The highest BCUT2D eigenvalue weighted by Gasteiger charge is 2.08. The van der Waals surface area contributed by atoms with Crippen molar-refractivity contribution in [3.05, 3.63) is 66.4 Å². The molecule has 0 saturated heterocycles. The van der Waals surface area contributed by atoms with Crippen LogP contribution in [0.25, 0.3) is 11.4 Å². The van der Waals surface area contributed by atoms with Gasteiger partial charge in [-0.05, 0) is 38.0 Å². The summed E-state index contributed by atoms with van der Waals surface area (Å²) in [6.07, 6.45) is 2.71. The fraction of sp³-hybridized carbons (Fsp3) is 0.250. The minimum absolute atomic E-state index is 0.260. The van der Waals surface area contributed by atoms with Gasteiger partial charge in [0.15, 0.2) is 0 Å². The second kappa shape index (κ2) is 8.24. The van der Waals surface area contributed by atoms with Gasteiger partial charge in [-0.1, -0.05) is 36.4 Å². The van der Waals surface area contributed by atoms with E-state index in [2.05, 4.69) is 63.7 Å². The van der Waals surface area contributed by atoms with Crippen LogP contribution < -0.4 is 10.6 Å². The first-order valence-corrected chi connectivity index (χ1v) is 8.55. The topological polar surface area (TPSA) is 62.7 Å². The molecule has 0 aliphatic rings. The van der Waals surface area contributed by atoms with Crippen LogP contribution in [0.1, 0.15) is 19.4 Å². The number of aromatic nitrogens is 3. The number of hydrogen-bond donors (Lipinski definition) is 2. The van der Waals surface area contributed by atoms with Crippen LogP contribution in [0.2, 0.25) is 0 Å². The van der Waals surface area contributed by atoms with Crippen molar-refractivity contribution in [2.75, 3.05) is 17.2 Å². The second-order valence-electron chi connectivity index (χ2n) is 6.14. The number of hydrogen-bond acceptors (Lipinski definition) is 5. The van der Waals surface area contributed by atoms with Crippen molar-refractivity contribution in [2.45, 2.75) is 26.3 Å². The van der Waals surface area contributed by atoms with E-state index in [0.29, 0.717) is 5.95 Å². The van der Waals surface area contributed by atoms with Crippen LogP contribution >= 0.6 is 0 Å². The minimum Gasteiger partial charge on any atom is -0.370 e. The van der Waals surface area contributed by atoms with E-state index in [9.17, 15) is 0 Å². The zero-order valence-electron chi connectivity index (χ0n) is 14.6. The predicted octanol–water partition coefficient (Wildman–Crippen LogP) is 4.01. The highest BCUT2D eigenvalue weighted by Crippen LogP contribution is 2.19. The average molecular weight is 333 g/mol. The Morgan fingerprint density at radius 3 is 2.44 bits per heavy atom. The van der Waals surface area contributed by atoms with Gasteiger partial charge in [-0.25, -0.2) is 4.98 Å². The van der Waals surface area contributed by atoms with Gasteiger partial charge < -0.3 is 10.6 Å². The molecule has 2 aromatic heterocycles. The van der Waals surface area contributed by atoms with Crippen LogP contribution in [0.15, 0.2) is 60.8 Å². The highest BCUT2D eigenvalue weighted by atomic mass is 15.2. The van der Waals surface area contributed by atoms with E-state index in [4.69, 9.17) is 0 Å².